The number of para-hydroxylation sites is 2. The summed E-state index contributed by atoms with van der Waals surface area (Å²) in [6.07, 6.45) is 0. The highest BCUT2D eigenvalue weighted by Crippen LogP contribution is 2.13. The van der Waals surface area contributed by atoms with Crippen LogP contribution in [0.2, 0.25) is 0 Å². The predicted molar refractivity (Wildman–Crippen MR) is 84.1 cm³/mol. The first-order chi connectivity index (χ1) is 10.1. The van der Waals surface area contributed by atoms with E-state index in [0.29, 0.717) is 15.7 Å². The number of rotatable bonds is 5. The third kappa shape index (κ3) is 3.02. The highest BCUT2D eigenvalue weighted by molar-refractivity contribution is 7.99. The number of thioether (sulfide) groups is 1. The van der Waals surface area contributed by atoms with Crippen LogP contribution in [0.15, 0.2) is 24.3 Å². The largest absolute Gasteiger partial charge is 0.805 e. The zero-order valence-corrected chi connectivity index (χ0v) is 12.8. The molecule has 112 valence electrons. The van der Waals surface area contributed by atoms with Crippen LogP contribution < -0.4 is 9.74 Å². The first kappa shape index (κ1) is 15.4. The minimum Gasteiger partial charge on any atom is -0.805 e. The fraction of sp³-hybridized carbons (Fsp3) is 0.357. The normalized spacial score (nSPS) is 10.8. The van der Waals surface area contributed by atoms with Crippen molar-refractivity contribution in [1.29, 1.82) is 0 Å². The third-order valence-electron chi connectivity index (χ3n) is 3.12. The molecule has 0 radical (unpaired) electrons. The maximum Gasteiger partial charge on any atom is 0.346 e. The molecule has 6 nitrogen and oxygen atoms in total. The number of hydrogen-bond acceptors (Lipinski definition) is 4. The summed E-state index contributed by atoms with van der Waals surface area (Å²) >= 11 is 1.69. The fourth-order valence-electron chi connectivity index (χ4n) is 2.07. The van der Waals surface area contributed by atoms with Gasteiger partial charge < -0.3 is 15.3 Å². The standard InChI is InChI=1S/C14H17N3O3S/c1-3-21-9-8-15-14(18)13-10(2)16(19)11-6-4-5-7-12(11)17(13)20/h4-7H,3,8-9H2,1-2H3,(H,15,18). The Hall–Kier alpha value is -2.02. The van der Waals surface area contributed by atoms with E-state index < -0.39 is 5.91 Å². The molecule has 1 amide bonds. The second kappa shape index (κ2) is 6.62. The van der Waals surface area contributed by atoms with Gasteiger partial charge in [-0.1, -0.05) is 19.1 Å². The summed E-state index contributed by atoms with van der Waals surface area (Å²) in [7, 11) is 0. The van der Waals surface area contributed by atoms with Crippen molar-refractivity contribution in [3.63, 3.8) is 0 Å². The summed E-state index contributed by atoms with van der Waals surface area (Å²) in [4.78, 5) is 24.5. The number of fused-ring (bicyclic) bond motifs is 1. The summed E-state index contributed by atoms with van der Waals surface area (Å²) in [6, 6.07) is 6.42. The van der Waals surface area contributed by atoms with Gasteiger partial charge >= 0.3 is 11.6 Å². The molecular weight excluding hydrogens is 290 g/mol. The van der Waals surface area contributed by atoms with Gasteiger partial charge in [0, 0.05) is 23.3 Å². The van der Waals surface area contributed by atoms with Crippen molar-refractivity contribution >= 4 is 28.7 Å². The Morgan fingerprint density at radius 3 is 2.86 bits per heavy atom. The van der Waals surface area contributed by atoms with Gasteiger partial charge in [0.1, 0.15) is 5.52 Å². The van der Waals surface area contributed by atoms with Crippen LogP contribution >= 0.6 is 11.8 Å². The van der Waals surface area contributed by atoms with Gasteiger partial charge in [-0.05, 0) is 18.7 Å². The van der Waals surface area contributed by atoms with Crippen LogP contribution in [-0.2, 0) is 0 Å². The van der Waals surface area contributed by atoms with Crippen LogP contribution in [0.5, 0.6) is 0 Å². The molecule has 1 heterocycles. The van der Waals surface area contributed by atoms with E-state index in [1.54, 1.807) is 30.0 Å². The van der Waals surface area contributed by atoms with Crippen molar-refractivity contribution in [1.82, 2.24) is 10.0 Å². The van der Waals surface area contributed by atoms with Crippen LogP contribution in [0.25, 0.3) is 11.0 Å². The Labute approximate surface area is 126 Å². The molecule has 0 fully saturated rings. The predicted octanol–water partition coefficient (Wildman–Crippen LogP) is 1.69. The lowest BCUT2D eigenvalue weighted by molar-refractivity contribution is -0.468. The molecule has 1 aromatic heterocycles. The molecule has 0 spiro atoms. The lowest BCUT2D eigenvalue weighted by Crippen LogP contribution is -2.37. The number of nitrogens with zero attached hydrogens (tertiary/aromatic N) is 2. The van der Waals surface area contributed by atoms with Crippen LogP contribution in [0.4, 0.5) is 0 Å². The molecule has 2 rings (SSSR count). The summed E-state index contributed by atoms with van der Waals surface area (Å²) in [5.74, 6) is 1.22. The van der Waals surface area contributed by atoms with E-state index in [1.807, 2.05) is 6.92 Å². The smallest absolute Gasteiger partial charge is 0.346 e. The summed E-state index contributed by atoms with van der Waals surface area (Å²) in [5, 5.41) is 14.8. The van der Waals surface area contributed by atoms with E-state index in [2.05, 4.69) is 5.32 Å². The summed E-state index contributed by atoms with van der Waals surface area (Å²) in [5.41, 5.74) is 0.392. The maximum atomic E-state index is 12.3. The second-order valence-electron chi connectivity index (χ2n) is 4.46. The summed E-state index contributed by atoms with van der Waals surface area (Å²) in [6.45, 7) is 3.97. The minimum absolute atomic E-state index is 0.101. The van der Waals surface area contributed by atoms with E-state index in [9.17, 15) is 14.9 Å². The molecule has 0 bridgehead atoms. The lowest BCUT2D eigenvalue weighted by Gasteiger charge is -2.16. The van der Waals surface area contributed by atoms with Crippen LogP contribution in [0, 0.1) is 17.0 Å². The highest BCUT2D eigenvalue weighted by atomic mass is 32.2. The van der Waals surface area contributed by atoms with E-state index >= 15 is 0 Å². The molecule has 1 N–H and O–H groups in total. The molecule has 2 aromatic rings. The zero-order valence-electron chi connectivity index (χ0n) is 12.0. The van der Waals surface area contributed by atoms with Crippen LogP contribution in [-0.4, -0.2) is 28.7 Å². The molecular formula is C14H17N3O3S. The number of nitrogens with one attached hydrogen (secondary N) is 1. The monoisotopic (exact) mass is 307 g/mol. The zero-order chi connectivity index (χ0) is 15.4. The second-order valence-corrected chi connectivity index (χ2v) is 5.86. The Bertz CT molecular complexity index is 727. The Morgan fingerprint density at radius 1 is 1.43 bits per heavy atom. The molecule has 0 unspecified atom stereocenters. The molecule has 0 atom stereocenters. The Kier molecular flexibility index (Phi) is 4.85. The molecule has 7 heteroatoms. The fourth-order valence-corrected chi connectivity index (χ4v) is 2.61. The maximum absolute atomic E-state index is 12.3. The van der Waals surface area contributed by atoms with E-state index in [0.717, 1.165) is 11.5 Å². The van der Waals surface area contributed by atoms with Gasteiger partial charge in [0.2, 0.25) is 0 Å². The Morgan fingerprint density at radius 2 is 2.14 bits per heavy atom. The minimum atomic E-state index is -0.519. The van der Waals surface area contributed by atoms with Crippen LogP contribution in [0.1, 0.15) is 23.1 Å². The first-order valence-electron chi connectivity index (χ1n) is 6.68. The number of carbonyl (C=O) groups excluding carboxylic acids is 1. The van der Waals surface area contributed by atoms with E-state index in [4.69, 9.17) is 0 Å². The number of carbonyl (C=O) groups is 1. The third-order valence-corrected chi connectivity index (χ3v) is 4.02. The number of hydrogen-bond donors (Lipinski definition) is 1. The van der Waals surface area contributed by atoms with E-state index in [-0.39, 0.29) is 22.4 Å². The molecule has 0 aliphatic carbocycles. The van der Waals surface area contributed by atoms with Gasteiger partial charge in [0.25, 0.3) is 5.52 Å². The van der Waals surface area contributed by atoms with Crippen molar-refractivity contribution < 1.29 is 9.22 Å². The van der Waals surface area contributed by atoms with Crippen molar-refractivity contribution in [2.45, 2.75) is 13.8 Å². The van der Waals surface area contributed by atoms with Gasteiger partial charge in [0.15, 0.2) is 0 Å². The van der Waals surface area contributed by atoms with Crippen molar-refractivity contribution in [3.05, 3.63) is 45.8 Å². The van der Waals surface area contributed by atoms with Gasteiger partial charge in [-0.3, -0.25) is 4.79 Å². The SMILES string of the molecule is CCSCCNC(=O)c1c(C)n([O-])c2ccccc2[n+]1=O. The number of benzene rings is 1. The van der Waals surface area contributed by atoms with Gasteiger partial charge in [-0.2, -0.15) is 11.8 Å². The molecule has 0 saturated carbocycles. The highest BCUT2D eigenvalue weighted by Gasteiger charge is 2.26. The van der Waals surface area contributed by atoms with Crippen molar-refractivity contribution in [3.8, 4) is 0 Å². The molecule has 1 aromatic carbocycles. The van der Waals surface area contributed by atoms with Gasteiger partial charge in [-0.25, -0.2) is 0 Å². The number of aromatic nitrogens is 2. The van der Waals surface area contributed by atoms with Gasteiger partial charge in [-0.15, -0.1) is 0 Å². The molecule has 0 aliphatic rings. The lowest BCUT2D eigenvalue weighted by atomic mass is 10.2. The van der Waals surface area contributed by atoms with E-state index in [1.165, 1.54) is 13.0 Å². The quantitative estimate of drug-likeness (QED) is 0.673. The average Bonchev–Trinajstić information content (AvgIpc) is 2.49. The average molecular weight is 307 g/mol. The molecule has 21 heavy (non-hydrogen) atoms. The van der Waals surface area contributed by atoms with Crippen molar-refractivity contribution in [2.75, 3.05) is 18.1 Å². The van der Waals surface area contributed by atoms with Crippen molar-refractivity contribution in [2.24, 2.45) is 0 Å². The first-order valence-corrected chi connectivity index (χ1v) is 7.83. The van der Waals surface area contributed by atoms with Gasteiger partial charge in [0.05, 0.1) is 10.1 Å². The Balaban J connectivity index is 2.40. The topological polar surface area (TPSA) is 80.1 Å². The molecule has 0 aliphatic heterocycles. The number of amides is 1. The molecule has 0 saturated heterocycles. The van der Waals surface area contributed by atoms with Crippen LogP contribution in [0.3, 0.4) is 0 Å². The summed E-state index contributed by atoms with van der Waals surface area (Å²) < 4.78 is 1.15.